The monoisotopic (exact) mass is 386 g/mol. The van der Waals surface area contributed by atoms with Gasteiger partial charge in [0.1, 0.15) is 5.69 Å². The van der Waals surface area contributed by atoms with Crippen molar-refractivity contribution in [2.45, 2.75) is 26.0 Å². The van der Waals surface area contributed by atoms with Crippen LogP contribution in [0.5, 0.6) is 0 Å². The standard InChI is InChI=1S/C19H19ClN4O3/c1-12-6-10-23(11-7-12)19(26)27-18-16-15(21-8-9-22-16)17(25)24(18)14-4-2-13(20)3-5-14/h2-5,8-9,12,18H,6-7,10-11H2,1H3/t18-/m0/s1. The summed E-state index contributed by atoms with van der Waals surface area (Å²) in [5, 5.41) is 0.551. The van der Waals surface area contributed by atoms with Crippen molar-refractivity contribution in [2.24, 2.45) is 5.92 Å². The van der Waals surface area contributed by atoms with Gasteiger partial charge in [-0.2, -0.15) is 0 Å². The van der Waals surface area contributed by atoms with Gasteiger partial charge >= 0.3 is 6.09 Å². The molecule has 1 aromatic carbocycles. The highest BCUT2D eigenvalue weighted by atomic mass is 35.5. The van der Waals surface area contributed by atoms with E-state index in [2.05, 4.69) is 16.9 Å². The fourth-order valence-electron chi connectivity index (χ4n) is 3.36. The molecule has 0 aliphatic carbocycles. The molecule has 1 fully saturated rings. The number of hydrogen-bond donors (Lipinski definition) is 0. The highest BCUT2D eigenvalue weighted by Gasteiger charge is 2.43. The molecule has 3 heterocycles. The molecule has 2 aliphatic heterocycles. The number of carbonyl (C=O) groups excluding carboxylic acids is 2. The van der Waals surface area contributed by atoms with Gasteiger partial charge in [0, 0.05) is 36.2 Å². The Hall–Kier alpha value is -2.67. The SMILES string of the molecule is CC1CCN(C(=O)O[C@H]2c3nccnc3C(=O)N2c2ccc(Cl)cc2)CC1. The Balaban J connectivity index is 1.63. The number of piperidine rings is 1. The number of ether oxygens (including phenoxy) is 1. The molecule has 140 valence electrons. The maximum Gasteiger partial charge on any atom is 0.412 e. The second-order valence-corrected chi connectivity index (χ2v) is 7.28. The average molecular weight is 387 g/mol. The number of halogens is 1. The van der Waals surface area contributed by atoms with Crippen LogP contribution in [-0.4, -0.2) is 40.0 Å². The van der Waals surface area contributed by atoms with Crippen molar-refractivity contribution in [3.8, 4) is 0 Å². The Morgan fingerprint density at radius 1 is 1.15 bits per heavy atom. The van der Waals surface area contributed by atoms with Gasteiger partial charge < -0.3 is 9.64 Å². The molecule has 0 radical (unpaired) electrons. The van der Waals surface area contributed by atoms with E-state index in [0.717, 1.165) is 12.8 Å². The van der Waals surface area contributed by atoms with Gasteiger partial charge in [0.15, 0.2) is 5.69 Å². The molecule has 2 amide bonds. The van der Waals surface area contributed by atoms with Crippen molar-refractivity contribution in [2.75, 3.05) is 18.0 Å². The molecular weight excluding hydrogens is 368 g/mol. The normalized spacial score (nSPS) is 19.9. The first-order valence-electron chi connectivity index (χ1n) is 8.90. The van der Waals surface area contributed by atoms with Crippen molar-refractivity contribution in [1.29, 1.82) is 0 Å². The number of benzene rings is 1. The lowest BCUT2D eigenvalue weighted by Crippen LogP contribution is -2.41. The summed E-state index contributed by atoms with van der Waals surface area (Å²) >= 11 is 5.96. The van der Waals surface area contributed by atoms with E-state index in [0.29, 0.717) is 35.4 Å². The third-order valence-electron chi connectivity index (χ3n) is 4.98. The second-order valence-electron chi connectivity index (χ2n) is 6.85. The molecular formula is C19H19ClN4O3. The zero-order valence-corrected chi connectivity index (χ0v) is 15.6. The summed E-state index contributed by atoms with van der Waals surface area (Å²) in [5.74, 6) is 0.241. The smallest absolute Gasteiger partial charge is 0.412 e. The Morgan fingerprint density at radius 3 is 2.52 bits per heavy atom. The third kappa shape index (κ3) is 3.35. The van der Waals surface area contributed by atoms with Crippen molar-refractivity contribution >= 4 is 29.3 Å². The van der Waals surface area contributed by atoms with E-state index in [1.54, 1.807) is 29.2 Å². The summed E-state index contributed by atoms with van der Waals surface area (Å²) in [6.07, 6.45) is 3.42. The van der Waals surface area contributed by atoms with Crippen LogP contribution in [0.25, 0.3) is 0 Å². The number of anilines is 1. The predicted octanol–water partition coefficient (Wildman–Crippen LogP) is 3.66. The van der Waals surface area contributed by atoms with E-state index in [-0.39, 0.29) is 11.6 Å². The number of likely N-dealkylation sites (tertiary alicyclic amines) is 1. The largest absolute Gasteiger partial charge is 0.419 e. The van der Waals surface area contributed by atoms with E-state index in [4.69, 9.17) is 16.3 Å². The van der Waals surface area contributed by atoms with Gasteiger partial charge in [-0.3, -0.25) is 14.7 Å². The zero-order chi connectivity index (χ0) is 19.0. The molecule has 0 spiro atoms. The van der Waals surface area contributed by atoms with Crippen LogP contribution >= 0.6 is 11.6 Å². The molecule has 1 atom stereocenters. The Bertz CT molecular complexity index is 866. The highest BCUT2D eigenvalue weighted by Crippen LogP contribution is 2.37. The summed E-state index contributed by atoms with van der Waals surface area (Å²) in [6.45, 7) is 3.47. The summed E-state index contributed by atoms with van der Waals surface area (Å²) in [7, 11) is 0. The van der Waals surface area contributed by atoms with E-state index >= 15 is 0 Å². The number of aromatic nitrogens is 2. The van der Waals surface area contributed by atoms with Gasteiger partial charge in [0.25, 0.3) is 5.91 Å². The molecule has 4 rings (SSSR count). The minimum Gasteiger partial charge on any atom is -0.419 e. The zero-order valence-electron chi connectivity index (χ0n) is 14.8. The van der Waals surface area contributed by atoms with Crippen molar-refractivity contribution in [1.82, 2.24) is 14.9 Å². The number of hydrogen-bond acceptors (Lipinski definition) is 5. The lowest BCUT2D eigenvalue weighted by atomic mass is 10.00. The van der Waals surface area contributed by atoms with Crippen LogP contribution in [0, 0.1) is 5.92 Å². The lowest BCUT2D eigenvalue weighted by Gasteiger charge is -2.32. The number of amides is 2. The van der Waals surface area contributed by atoms with Gasteiger partial charge in [0.2, 0.25) is 6.23 Å². The van der Waals surface area contributed by atoms with Crippen LogP contribution in [0.15, 0.2) is 36.7 Å². The lowest BCUT2D eigenvalue weighted by molar-refractivity contribution is 0.0517. The number of fused-ring (bicyclic) bond motifs is 1. The fraction of sp³-hybridized carbons (Fsp3) is 0.368. The Kier molecular flexibility index (Phi) is 4.70. The van der Waals surface area contributed by atoms with E-state index < -0.39 is 12.3 Å². The molecule has 0 N–H and O–H groups in total. The third-order valence-corrected chi connectivity index (χ3v) is 5.23. The average Bonchev–Trinajstić information content (AvgIpc) is 2.95. The minimum absolute atomic E-state index is 0.192. The molecule has 8 heteroatoms. The number of carbonyl (C=O) groups is 2. The van der Waals surface area contributed by atoms with E-state index in [9.17, 15) is 9.59 Å². The van der Waals surface area contributed by atoms with Gasteiger partial charge in [-0.25, -0.2) is 9.78 Å². The van der Waals surface area contributed by atoms with Crippen LogP contribution in [0.3, 0.4) is 0 Å². The molecule has 27 heavy (non-hydrogen) atoms. The maximum absolute atomic E-state index is 12.9. The van der Waals surface area contributed by atoms with Crippen LogP contribution in [0.4, 0.5) is 10.5 Å². The van der Waals surface area contributed by atoms with Gasteiger partial charge in [-0.05, 0) is 43.0 Å². The molecule has 0 saturated carbocycles. The maximum atomic E-state index is 12.9. The number of nitrogens with zero attached hydrogens (tertiary/aromatic N) is 4. The van der Waals surface area contributed by atoms with Gasteiger partial charge in [-0.1, -0.05) is 18.5 Å². The molecule has 1 saturated heterocycles. The van der Waals surface area contributed by atoms with Gasteiger partial charge in [-0.15, -0.1) is 0 Å². The summed E-state index contributed by atoms with van der Waals surface area (Å²) in [6, 6.07) is 6.77. The highest BCUT2D eigenvalue weighted by molar-refractivity contribution is 6.30. The first-order valence-corrected chi connectivity index (χ1v) is 9.28. The van der Waals surface area contributed by atoms with E-state index in [1.165, 1.54) is 17.3 Å². The molecule has 2 aromatic rings. The molecule has 0 unspecified atom stereocenters. The molecule has 0 bridgehead atoms. The van der Waals surface area contributed by atoms with Crippen LogP contribution in [0.2, 0.25) is 5.02 Å². The summed E-state index contributed by atoms with van der Waals surface area (Å²) in [5.41, 5.74) is 1.10. The predicted molar refractivity (Wildman–Crippen MR) is 99.5 cm³/mol. The Labute approximate surface area is 161 Å². The van der Waals surface area contributed by atoms with Crippen molar-refractivity contribution in [3.05, 3.63) is 53.1 Å². The number of rotatable bonds is 2. The van der Waals surface area contributed by atoms with Crippen LogP contribution in [0.1, 0.15) is 42.2 Å². The summed E-state index contributed by atoms with van der Waals surface area (Å²) in [4.78, 5) is 37.0. The van der Waals surface area contributed by atoms with Crippen LogP contribution in [-0.2, 0) is 4.74 Å². The summed E-state index contributed by atoms with van der Waals surface area (Å²) < 4.78 is 5.74. The van der Waals surface area contributed by atoms with Crippen molar-refractivity contribution < 1.29 is 14.3 Å². The molecule has 1 aromatic heterocycles. The van der Waals surface area contributed by atoms with E-state index in [1.807, 2.05) is 0 Å². The molecule has 7 nitrogen and oxygen atoms in total. The Morgan fingerprint density at radius 2 is 1.81 bits per heavy atom. The first kappa shape index (κ1) is 17.7. The minimum atomic E-state index is -0.950. The molecule has 2 aliphatic rings. The van der Waals surface area contributed by atoms with Gasteiger partial charge in [0.05, 0.1) is 0 Å². The van der Waals surface area contributed by atoms with Crippen molar-refractivity contribution in [3.63, 3.8) is 0 Å². The van der Waals surface area contributed by atoms with Crippen LogP contribution < -0.4 is 4.90 Å². The first-order chi connectivity index (χ1) is 13.0. The quantitative estimate of drug-likeness (QED) is 0.787. The fourth-order valence-corrected chi connectivity index (χ4v) is 3.49. The topological polar surface area (TPSA) is 75.6 Å². The second kappa shape index (κ2) is 7.15.